The molecule has 0 aliphatic heterocycles. The number of tetrazole rings is 1. The van der Waals surface area contributed by atoms with Crippen molar-refractivity contribution >= 4 is 0 Å². The van der Waals surface area contributed by atoms with Gasteiger partial charge in [0.15, 0.2) is 17.3 Å². The summed E-state index contributed by atoms with van der Waals surface area (Å²) in [4.78, 5) is 0. The average Bonchev–Trinajstić information content (AvgIpc) is 2.91. The van der Waals surface area contributed by atoms with Gasteiger partial charge >= 0.3 is 0 Å². The Labute approximate surface area is 104 Å². The lowest BCUT2D eigenvalue weighted by Gasteiger charge is -2.12. The molecule has 0 spiro atoms. The summed E-state index contributed by atoms with van der Waals surface area (Å²) in [6.07, 6.45) is 0. The van der Waals surface area contributed by atoms with Crippen molar-refractivity contribution in [2.24, 2.45) is 0 Å². The van der Waals surface area contributed by atoms with E-state index in [-0.39, 0.29) is 11.8 Å². The Morgan fingerprint density at radius 2 is 2.33 bits per heavy atom. The van der Waals surface area contributed by atoms with Crippen LogP contribution < -0.4 is 10.1 Å². The molecule has 2 rings (SSSR count). The number of phenols is 1. The second-order valence-electron chi connectivity index (χ2n) is 3.84. The molecule has 1 aromatic heterocycles. The summed E-state index contributed by atoms with van der Waals surface area (Å²) in [5.41, 5.74) is 0.754. The molecule has 0 saturated carbocycles. The van der Waals surface area contributed by atoms with Crippen LogP contribution in [0.15, 0.2) is 18.2 Å². The molecule has 0 saturated heterocycles. The summed E-state index contributed by atoms with van der Waals surface area (Å²) in [7, 11) is 1.52. The average molecular weight is 249 g/mol. The standard InChI is InChI=1S/C11H15N5O2/c1-7(11-13-15-16-14-11)12-6-8-4-3-5-9(18-2)10(8)17/h3-5,7,12,17H,6H2,1-2H3,(H,13,14,15,16). The van der Waals surface area contributed by atoms with Crippen molar-refractivity contribution < 1.29 is 9.84 Å². The van der Waals surface area contributed by atoms with Gasteiger partial charge in [0.05, 0.1) is 13.2 Å². The van der Waals surface area contributed by atoms with E-state index in [4.69, 9.17) is 4.74 Å². The molecule has 0 aliphatic carbocycles. The third kappa shape index (κ3) is 2.57. The Morgan fingerprint density at radius 1 is 1.50 bits per heavy atom. The van der Waals surface area contributed by atoms with Crippen LogP contribution in [-0.2, 0) is 6.54 Å². The first-order valence-electron chi connectivity index (χ1n) is 5.54. The van der Waals surface area contributed by atoms with Crippen LogP contribution in [0.1, 0.15) is 24.4 Å². The van der Waals surface area contributed by atoms with Crippen molar-refractivity contribution in [2.45, 2.75) is 19.5 Å². The highest BCUT2D eigenvalue weighted by molar-refractivity contribution is 5.45. The molecule has 0 radical (unpaired) electrons. The van der Waals surface area contributed by atoms with Crippen LogP contribution in [0, 0.1) is 0 Å². The van der Waals surface area contributed by atoms with Gasteiger partial charge in [-0.15, -0.1) is 10.2 Å². The molecule has 18 heavy (non-hydrogen) atoms. The number of aromatic hydroxyl groups is 1. The van der Waals surface area contributed by atoms with E-state index >= 15 is 0 Å². The van der Waals surface area contributed by atoms with Gasteiger partial charge in [-0.3, -0.25) is 0 Å². The lowest BCUT2D eigenvalue weighted by Crippen LogP contribution is -2.19. The van der Waals surface area contributed by atoms with E-state index in [1.807, 2.05) is 19.1 Å². The molecule has 1 aromatic carbocycles. The lowest BCUT2D eigenvalue weighted by atomic mass is 10.1. The number of nitrogens with one attached hydrogen (secondary N) is 2. The van der Waals surface area contributed by atoms with E-state index in [0.29, 0.717) is 18.1 Å². The Bertz CT molecular complexity index is 500. The lowest BCUT2D eigenvalue weighted by molar-refractivity contribution is 0.369. The monoisotopic (exact) mass is 249 g/mol. The number of benzene rings is 1. The van der Waals surface area contributed by atoms with Crippen molar-refractivity contribution in [1.82, 2.24) is 25.9 Å². The second kappa shape index (κ2) is 5.46. The number of nitrogens with zero attached hydrogens (tertiary/aromatic N) is 3. The zero-order valence-corrected chi connectivity index (χ0v) is 10.2. The van der Waals surface area contributed by atoms with Gasteiger partial charge in [-0.05, 0) is 13.0 Å². The predicted octanol–water partition coefficient (Wildman–Crippen LogP) is 0.765. The molecule has 0 bridgehead atoms. The van der Waals surface area contributed by atoms with Crippen LogP contribution >= 0.6 is 0 Å². The summed E-state index contributed by atoms with van der Waals surface area (Å²) < 4.78 is 5.05. The first-order valence-corrected chi connectivity index (χ1v) is 5.54. The first kappa shape index (κ1) is 12.3. The van der Waals surface area contributed by atoms with E-state index in [9.17, 15) is 5.11 Å². The number of aromatic nitrogens is 4. The van der Waals surface area contributed by atoms with E-state index < -0.39 is 0 Å². The van der Waals surface area contributed by atoms with Crippen molar-refractivity contribution in [3.63, 3.8) is 0 Å². The van der Waals surface area contributed by atoms with Gasteiger partial charge in [0.1, 0.15) is 0 Å². The molecule has 2 aromatic rings. The smallest absolute Gasteiger partial charge is 0.191 e. The maximum Gasteiger partial charge on any atom is 0.191 e. The molecular formula is C11H15N5O2. The number of methoxy groups -OCH3 is 1. The van der Waals surface area contributed by atoms with Crippen LogP contribution in [0.3, 0.4) is 0 Å². The van der Waals surface area contributed by atoms with E-state index in [2.05, 4.69) is 25.9 Å². The van der Waals surface area contributed by atoms with Crippen LogP contribution in [0.5, 0.6) is 11.5 Å². The molecule has 7 heteroatoms. The molecule has 1 unspecified atom stereocenters. The Morgan fingerprint density at radius 3 is 3.00 bits per heavy atom. The number of hydrogen-bond acceptors (Lipinski definition) is 6. The Balaban J connectivity index is 2.02. The molecule has 7 nitrogen and oxygen atoms in total. The van der Waals surface area contributed by atoms with Gasteiger partial charge in [0, 0.05) is 12.1 Å². The second-order valence-corrected chi connectivity index (χ2v) is 3.84. The van der Waals surface area contributed by atoms with Crippen molar-refractivity contribution in [3.8, 4) is 11.5 Å². The zero-order chi connectivity index (χ0) is 13.0. The highest BCUT2D eigenvalue weighted by Gasteiger charge is 2.12. The minimum absolute atomic E-state index is 0.0608. The fraction of sp³-hybridized carbons (Fsp3) is 0.364. The quantitative estimate of drug-likeness (QED) is 0.724. The fourth-order valence-corrected chi connectivity index (χ4v) is 1.58. The molecule has 96 valence electrons. The van der Waals surface area contributed by atoms with Crippen molar-refractivity contribution in [3.05, 3.63) is 29.6 Å². The third-order valence-electron chi connectivity index (χ3n) is 2.65. The summed E-state index contributed by atoms with van der Waals surface area (Å²) in [6.45, 7) is 2.40. The van der Waals surface area contributed by atoms with Crippen molar-refractivity contribution in [2.75, 3.05) is 7.11 Å². The normalized spacial score (nSPS) is 12.3. The number of para-hydroxylation sites is 1. The molecule has 3 N–H and O–H groups in total. The summed E-state index contributed by atoms with van der Waals surface area (Å²) in [6, 6.07) is 5.30. The van der Waals surface area contributed by atoms with Gasteiger partial charge in [-0.25, -0.2) is 0 Å². The summed E-state index contributed by atoms with van der Waals surface area (Å²) in [5.74, 6) is 1.19. The molecule has 0 aliphatic rings. The third-order valence-corrected chi connectivity index (χ3v) is 2.65. The number of rotatable bonds is 5. The van der Waals surface area contributed by atoms with Crippen LogP contribution in [-0.4, -0.2) is 32.8 Å². The zero-order valence-electron chi connectivity index (χ0n) is 10.2. The topological polar surface area (TPSA) is 96.0 Å². The van der Waals surface area contributed by atoms with E-state index in [0.717, 1.165) is 5.56 Å². The summed E-state index contributed by atoms with van der Waals surface area (Å²) in [5, 5.41) is 26.8. The van der Waals surface area contributed by atoms with Crippen LogP contribution in [0.25, 0.3) is 0 Å². The molecule has 0 amide bonds. The van der Waals surface area contributed by atoms with Crippen molar-refractivity contribution in [1.29, 1.82) is 0 Å². The highest BCUT2D eigenvalue weighted by Crippen LogP contribution is 2.29. The molecule has 0 fully saturated rings. The minimum Gasteiger partial charge on any atom is -0.504 e. The first-order chi connectivity index (χ1) is 8.72. The highest BCUT2D eigenvalue weighted by atomic mass is 16.5. The van der Waals surface area contributed by atoms with Gasteiger partial charge in [0.25, 0.3) is 0 Å². The van der Waals surface area contributed by atoms with E-state index in [1.165, 1.54) is 7.11 Å². The van der Waals surface area contributed by atoms with Gasteiger partial charge in [-0.2, -0.15) is 5.21 Å². The Kier molecular flexibility index (Phi) is 3.73. The fourth-order valence-electron chi connectivity index (χ4n) is 1.58. The van der Waals surface area contributed by atoms with Crippen LogP contribution in [0.2, 0.25) is 0 Å². The molecular weight excluding hydrogens is 234 g/mol. The number of H-pyrrole nitrogens is 1. The van der Waals surface area contributed by atoms with Crippen LogP contribution in [0.4, 0.5) is 0 Å². The van der Waals surface area contributed by atoms with Gasteiger partial charge < -0.3 is 15.2 Å². The molecule has 1 heterocycles. The maximum atomic E-state index is 9.92. The SMILES string of the molecule is COc1cccc(CNC(C)c2nn[nH]n2)c1O. The van der Waals surface area contributed by atoms with Gasteiger partial charge in [-0.1, -0.05) is 17.3 Å². The van der Waals surface area contributed by atoms with E-state index in [1.54, 1.807) is 6.07 Å². The minimum atomic E-state index is -0.0608. The number of aromatic amines is 1. The molecule has 1 atom stereocenters. The predicted molar refractivity (Wildman–Crippen MR) is 64.1 cm³/mol. The maximum absolute atomic E-state index is 9.92. The Hall–Kier alpha value is -2.15. The van der Waals surface area contributed by atoms with Gasteiger partial charge in [0.2, 0.25) is 0 Å². The number of phenolic OH excluding ortho intramolecular Hbond substituents is 1. The number of hydrogen-bond donors (Lipinski definition) is 3. The number of ether oxygens (including phenoxy) is 1. The largest absolute Gasteiger partial charge is 0.504 e. The summed E-state index contributed by atoms with van der Waals surface area (Å²) >= 11 is 0.